The number of rotatable bonds is 1. The van der Waals surface area contributed by atoms with Gasteiger partial charge >= 0.3 is 0 Å². The maximum absolute atomic E-state index is 13.1. The Labute approximate surface area is 100 Å². The van der Waals surface area contributed by atoms with Crippen molar-refractivity contribution in [2.75, 3.05) is 0 Å². The molecule has 1 heterocycles. The second kappa shape index (κ2) is 3.22. The van der Waals surface area contributed by atoms with Gasteiger partial charge < -0.3 is 9.84 Å². The molecule has 1 aliphatic heterocycles. The normalized spacial score (nSPS) is 33.8. The van der Waals surface area contributed by atoms with Crippen LogP contribution in [0.15, 0.2) is 18.2 Å². The first kappa shape index (κ1) is 11.0. The molecule has 0 aromatic heterocycles. The van der Waals surface area contributed by atoms with Gasteiger partial charge in [-0.15, -0.1) is 0 Å². The molecule has 1 aromatic rings. The van der Waals surface area contributed by atoms with Crippen molar-refractivity contribution < 1.29 is 14.2 Å². The zero-order valence-electron chi connectivity index (χ0n) is 10.2. The lowest BCUT2D eigenvalue weighted by Gasteiger charge is -2.42. The van der Waals surface area contributed by atoms with Gasteiger partial charge in [0.15, 0.2) is 0 Å². The SMILES string of the molecule is CC1(C2(C)C[C@H](O)c3cc(F)ccc3O2)CC1. The maximum Gasteiger partial charge on any atom is 0.126 e. The highest BCUT2D eigenvalue weighted by atomic mass is 19.1. The van der Waals surface area contributed by atoms with E-state index in [0.29, 0.717) is 17.7 Å². The highest BCUT2D eigenvalue weighted by Crippen LogP contribution is 2.59. The predicted octanol–water partition coefficient (Wildman–Crippen LogP) is 3.20. The maximum atomic E-state index is 13.1. The topological polar surface area (TPSA) is 29.5 Å². The number of hydrogen-bond donors (Lipinski definition) is 1. The monoisotopic (exact) mass is 236 g/mol. The van der Waals surface area contributed by atoms with E-state index < -0.39 is 6.10 Å². The third-order valence-electron chi connectivity index (χ3n) is 4.53. The van der Waals surface area contributed by atoms with Crippen molar-refractivity contribution in [3.8, 4) is 5.75 Å². The molecule has 3 heteroatoms. The van der Waals surface area contributed by atoms with Crippen molar-refractivity contribution >= 4 is 0 Å². The average Bonchev–Trinajstić information content (AvgIpc) is 3.00. The average molecular weight is 236 g/mol. The molecule has 0 bridgehead atoms. The van der Waals surface area contributed by atoms with Gasteiger partial charge in [0.05, 0.1) is 6.10 Å². The van der Waals surface area contributed by atoms with Gasteiger partial charge in [-0.2, -0.15) is 0 Å². The van der Waals surface area contributed by atoms with E-state index in [-0.39, 0.29) is 16.8 Å². The van der Waals surface area contributed by atoms with Crippen LogP contribution in [0.4, 0.5) is 4.39 Å². The summed E-state index contributed by atoms with van der Waals surface area (Å²) in [5.74, 6) is 0.299. The summed E-state index contributed by atoms with van der Waals surface area (Å²) < 4.78 is 19.2. The second-order valence-corrected chi connectivity index (χ2v) is 5.80. The summed E-state index contributed by atoms with van der Waals surface area (Å²) in [5, 5.41) is 10.2. The molecule has 0 radical (unpaired) electrons. The quantitative estimate of drug-likeness (QED) is 0.811. The van der Waals surface area contributed by atoms with Crippen molar-refractivity contribution in [2.24, 2.45) is 5.41 Å². The number of aliphatic hydroxyl groups is 1. The van der Waals surface area contributed by atoms with Gasteiger partial charge in [0.25, 0.3) is 0 Å². The van der Waals surface area contributed by atoms with Gasteiger partial charge in [-0.1, -0.05) is 6.92 Å². The number of hydrogen-bond acceptors (Lipinski definition) is 2. The molecule has 0 amide bonds. The first-order chi connectivity index (χ1) is 7.94. The van der Waals surface area contributed by atoms with Crippen LogP contribution in [-0.4, -0.2) is 10.7 Å². The Morgan fingerprint density at radius 1 is 1.35 bits per heavy atom. The van der Waals surface area contributed by atoms with Crippen LogP contribution < -0.4 is 4.74 Å². The smallest absolute Gasteiger partial charge is 0.126 e. The molecule has 0 saturated heterocycles. The Balaban J connectivity index is 2.01. The van der Waals surface area contributed by atoms with Crippen molar-refractivity contribution in [1.82, 2.24) is 0 Å². The Kier molecular flexibility index (Phi) is 2.09. The number of benzene rings is 1. The Morgan fingerprint density at radius 3 is 2.71 bits per heavy atom. The lowest BCUT2D eigenvalue weighted by molar-refractivity contribution is -0.0474. The van der Waals surface area contributed by atoms with Gasteiger partial charge in [-0.3, -0.25) is 0 Å². The first-order valence-electron chi connectivity index (χ1n) is 6.10. The standard InChI is InChI=1S/C14H17FO2/c1-13(5-6-13)14(2)8-11(16)10-7-9(15)3-4-12(10)17-14/h3-4,7,11,16H,5-6,8H2,1-2H3/t11-,14?/m0/s1. The fourth-order valence-corrected chi connectivity index (χ4v) is 2.72. The van der Waals surface area contributed by atoms with Gasteiger partial charge in [0.1, 0.15) is 17.2 Å². The summed E-state index contributed by atoms with van der Waals surface area (Å²) in [5.41, 5.74) is 0.392. The molecule has 0 spiro atoms. The molecular formula is C14H17FO2. The molecule has 2 nitrogen and oxygen atoms in total. The summed E-state index contributed by atoms with van der Waals surface area (Å²) in [6, 6.07) is 4.37. The highest BCUT2D eigenvalue weighted by Gasteiger charge is 2.57. The van der Waals surface area contributed by atoms with Crippen LogP contribution >= 0.6 is 0 Å². The lowest BCUT2D eigenvalue weighted by atomic mass is 9.79. The Morgan fingerprint density at radius 2 is 2.06 bits per heavy atom. The van der Waals surface area contributed by atoms with Crippen LogP contribution in [0.1, 0.15) is 44.8 Å². The number of aliphatic hydroxyl groups excluding tert-OH is 1. The lowest BCUT2D eigenvalue weighted by Crippen LogP contribution is -2.45. The van der Waals surface area contributed by atoms with Crippen molar-refractivity contribution in [2.45, 2.75) is 44.8 Å². The predicted molar refractivity (Wildman–Crippen MR) is 62.4 cm³/mol. The number of halogens is 1. The van der Waals surface area contributed by atoms with Gasteiger partial charge in [-0.25, -0.2) is 4.39 Å². The number of fused-ring (bicyclic) bond motifs is 1. The third-order valence-corrected chi connectivity index (χ3v) is 4.53. The summed E-state index contributed by atoms with van der Waals surface area (Å²) in [6.45, 7) is 4.24. The molecule has 1 saturated carbocycles. The van der Waals surface area contributed by atoms with Crippen LogP contribution in [0.5, 0.6) is 5.75 Å². The van der Waals surface area contributed by atoms with Crippen LogP contribution in [0.2, 0.25) is 0 Å². The molecule has 1 N–H and O–H groups in total. The van der Waals surface area contributed by atoms with Crippen molar-refractivity contribution in [3.05, 3.63) is 29.6 Å². The molecule has 17 heavy (non-hydrogen) atoms. The van der Waals surface area contributed by atoms with E-state index in [1.807, 2.05) is 0 Å². The van der Waals surface area contributed by atoms with E-state index in [1.54, 1.807) is 6.07 Å². The van der Waals surface area contributed by atoms with E-state index >= 15 is 0 Å². The molecule has 92 valence electrons. The summed E-state index contributed by atoms with van der Waals surface area (Å²) in [7, 11) is 0. The second-order valence-electron chi connectivity index (χ2n) is 5.80. The van der Waals surface area contributed by atoms with E-state index in [4.69, 9.17) is 4.74 Å². The minimum Gasteiger partial charge on any atom is -0.487 e. The summed E-state index contributed by atoms with van der Waals surface area (Å²) in [6.07, 6.45) is 2.18. The van der Waals surface area contributed by atoms with Crippen molar-refractivity contribution in [3.63, 3.8) is 0 Å². The van der Waals surface area contributed by atoms with Crippen molar-refractivity contribution in [1.29, 1.82) is 0 Å². The molecule has 1 aromatic carbocycles. The van der Waals surface area contributed by atoms with Crippen LogP contribution in [0, 0.1) is 11.2 Å². The van der Waals surface area contributed by atoms with Crippen LogP contribution in [-0.2, 0) is 0 Å². The summed E-state index contributed by atoms with van der Waals surface area (Å²) in [4.78, 5) is 0. The van der Waals surface area contributed by atoms with Gasteiger partial charge in [0.2, 0.25) is 0 Å². The fourth-order valence-electron chi connectivity index (χ4n) is 2.72. The van der Waals surface area contributed by atoms with Crippen LogP contribution in [0.25, 0.3) is 0 Å². The fraction of sp³-hybridized carbons (Fsp3) is 0.571. The largest absolute Gasteiger partial charge is 0.487 e. The Bertz CT molecular complexity index is 467. The summed E-state index contributed by atoms with van der Waals surface area (Å²) >= 11 is 0. The van der Waals surface area contributed by atoms with Gasteiger partial charge in [-0.05, 0) is 38.0 Å². The highest BCUT2D eigenvalue weighted by molar-refractivity contribution is 5.39. The van der Waals surface area contributed by atoms with E-state index in [2.05, 4.69) is 13.8 Å². The van der Waals surface area contributed by atoms with E-state index in [1.165, 1.54) is 12.1 Å². The molecule has 2 aliphatic rings. The third kappa shape index (κ3) is 1.56. The molecule has 1 aliphatic carbocycles. The molecule has 3 rings (SSSR count). The van der Waals surface area contributed by atoms with E-state index in [0.717, 1.165) is 12.8 Å². The van der Waals surface area contributed by atoms with Crippen LogP contribution in [0.3, 0.4) is 0 Å². The molecule has 2 atom stereocenters. The zero-order chi connectivity index (χ0) is 12.3. The zero-order valence-corrected chi connectivity index (χ0v) is 10.2. The van der Waals surface area contributed by atoms with Gasteiger partial charge in [0, 0.05) is 17.4 Å². The molecule has 1 unspecified atom stereocenters. The minimum atomic E-state index is -0.628. The molecule has 1 fully saturated rings. The first-order valence-corrected chi connectivity index (χ1v) is 6.10. The van der Waals surface area contributed by atoms with E-state index in [9.17, 15) is 9.50 Å². The molecular weight excluding hydrogens is 219 g/mol. The Hall–Kier alpha value is -1.09. The minimum absolute atomic E-state index is 0.153. The number of ether oxygens (including phenoxy) is 1.